The van der Waals surface area contributed by atoms with Crippen molar-refractivity contribution in [1.82, 2.24) is 5.32 Å². The normalized spacial score (nSPS) is 12.6. The molecule has 1 unspecified atom stereocenters. The molecule has 3 nitrogen and oxygen atoms in total. The van der Waals surface area contributed by atoms with Crippen LogP contribution in [0.1, 0.15) is 32.8 Å². The Balaban J connectivity index is 2.23. The molecule has 0 bridgehead atoms. The van der Waals surface area contributed by atoms with E-state index in [2.05, 4.69) is 31.3 Å². The number of nitrogens with one attached hydrogen (secondary N) is 1. The third-order valence-corrected chi connectivity index (χ3v) is 4.35. The van der Waals surface area contributed by atoms with E-state index in [1.165, 1.54) is 5.56 Å². The van der Waals surface area contributed by atoms with Crippen molar-refractivity contribution < 1.29 is 8.95 Å². The van der Waals surface area contributed by atoms with Crippen LogP contribution in [0, 0.1) is 5.92 Å². The van der Waals surface area contributed by atoms with Gasteiger partial charge in [0, 0.05) is 35.4 Å². The van der Waals surface area contributed by atoms with Gasteiger partial charge in [-0.3, -0.25) is 4.21 Å². The van der Waals surface area contributed by atoms with Gasteiger partial charge < -0.3 is 10.1 Å². The number of benzene rings is 1. The van der Waals surface area contributed by atoms with E-state index in [9.17, 15) is 4.21 Å². The Morgan fingerprint density at radius 2 is 1.95 bits per heavy atom. The zero-order valence-electron chi connectivity index (χ0n) is 12.9. The maximum Gasteiger partial charge on any atom is 0.119 e. The van der Waals surface area contributed by atoms with Crippen molar-refractivity contribution in [2.45, 2.75) is 33.7 Å². The predicted octanol–water partition coefficient (Wildman–Crippen LogP) is 2.97. The summed E-state index contributed by atoms with van der Waals surface area (Å²) < 4.78 is 17.0. The molecule has 0 aliphatic heterocycles. The summed E-state index contributed by atoms with van der Waals surface area (Å²) in [6, 6.07) is 8.19. The Morgan fingerprint density at radius 3 is 2.55 bits per heavy atom. The second-order valence-corrected chi connectivity index (χ2v) is 7.15. The Labute approximate surface area is 125 Å². The van der Waals surface area contributed by atoms with Crippen LogP contribution >= 0.6 is 0 Å². The molecule has 0 aromatic heterocycles. The van der Waals surface area contributed by atoms with Gasteiger partial charge in [-0.25, -0.2) is 0 Å². The van der Waals surface area contributed by atoms with E-state index in [0.29, 0.717) is 5.92 Å². The van der Waals surface area contributed by atoms with Crippen LogP contribution in [0.15, 0.2) is 24.3 Å². The third kappa shape index (κ3) is 7.65. The largest absolute Gasteiger partial charge is 0.494 e. The molecule has 1 rings (SSSR count). The van der Waals surface area contributed by atoms with Crippen LogP contribution in [-0.2, 0) is 17.3 Å². The fourth-order valence-electron chi connectivity index (χ4n) is 1.68. The van der Waals surface area contributed by atoms with Crippen LogP contribution in [0.5, 0.6) is 5.75 Å². The van der Waals surface area contributed by atoms with E-state index in [1.54, 1.807) is 0 Å². The molecule has 0 saturated carbocycles. The Morgan fingerprint density at radius 1 is 1.25 bits per heavy atom. The summed E-state index contributed by atoms with van der Waals surface area (Å²) in [6.07, 6.45) is 1.08. The monoisotopic (exact) mass is 297 g/mol. The van der Waals surface area contributed by atoms with Gasteiger partial charge in [-0.15, -0.1) is 0 Å². The SMILES string of the molecule is CCS(=O)CCNCc1ccc(OCCC(C)C)cc1. The maximum absolute atomic E-state index is 11.3. The smallest absolute Gasteiger partial charge is 0.119 e. The van der Waals surface area contributed by atoms with Gasteiger partial charge >= 0.3 is 0 Å². The Bertz CT molecular complexity index is 390. The van der Waals surface area contributed by atoms with Crippen LogP contribution in [0.2, 0.25) is 0 Å². The molecule has 0 fully saturated rings. The van der Waals surface area contributed by atoms with Crippen LogP contribution < -0.4 is 10.1 Å². The highest BCUT2D eigenvalue weighted by atomic mass is 32.2. The molecule has 0 saturated heterocycles. The van der Waals surface area contributed by atoms with Crippen molar-refractivity contribution >= 4 is 10.8 Å². The summed E-state index contributed by atoms with van der Waals surface area (Å²) in [5.41, 5.74) is 1.23. The fraction of sp³-hybridized carbons (Fsp3) is 0.625. The van der Waals surface area contributed by atoms with Crippen LogP contribution in [0.25, 0.3) is 0 Å². The van der Waals surface area contributed by atoms with Crippen molar-refractivity contribution in [3.8, 4) is 5.75 Å². The minimum atomic E-state index is -0.679. The molecular weight excluding hydrogens is 270 g/mol. The summed E-state index contributed by atoms with van der Waals surface area (Å²) >= 11 is 0. The lowest BCUT2D eigenvalue weighted by molar-refractivity contribution is 0.289. The van der Waals surface area contributed by atoms with Gasteiger partial charge in [0.2, 0.25) is 0 Å². The molecule has 0 aliphatic carbocycles. The van der Waals surface area contributed by atoms with E-state index in [1.807, 2.05) is 19.1 Å². The first-order valence-electron chi connectivity index (χ1n) is 7.39. The molecule has 1 N–H and O–H groups in total. The molecule has 1 atom stereocenters. The molecule has 20 heavy (non-hydrogen) atoms. The second-order valence-electron chi connectivity index (χ2n) is 5.28. The number of hydrogen-bond acceptors (Lipinski definition) is 3. The fourth-order valence-corrected chi connectivity index (χ4v) is 2.34. The van der Waals surface area contributed by atoms with Crippen LogP contribution in [0.3, 0.4) is 0 Å². The van der Waals surface area contributed by atoms with Crippen LogP contribution in [-0.4, -0.2) is 28.9 Å². The summed E-state index contributed by atoms with van der Waals surface area (Å²) in [5.74, 6) is 3.07. The van der Waals surface area contributed by atoms with E-state index in [4.69, 9.17) is 4.74 Å². The van der Waals surface area contributed by atoms with Gasteiger partial charge in [0.1, 0.15) is 5.75 Å². The highest BCUT2D eigenvalue weighted by Gasteiger charge is 1.99. The Kier molecular flexibility index (Phi) is 8.54. The van der Waals surface area contributed by atoms with E-state index in [0.717, 1.165) is 43.4 Å². The molecule has 1 aromatic carbocycles. The second kappa shape index (κ2) is 9.94. The van der Waals surface area contributed by atoms with Gasteiger partial charge in [0.25, 0.3) is 0 Å². The number of rotatable bonds is 10. The molecular formula is C16H27NO2S. The summed E-state index contributed by atoms with van der Waals surface area (Å²) in [4.78, 5) is 0. The van der Waals surface area contributed by atoms with Gasteiger partial charge in [0.05, 0.1) is 6.61 Å². The van der Waals surface area contributed by atoms with Gasteiger partial charge in [0.15, 0.2) is 0 Å². The van der Waals surface area contributed by atoms with E-state index < -0.39 is 10.8 Å². The number of ether oxygens (including phenoxy) is 1. The first-order chi connectivity index (χ1) is 9.61. The molecule has 0 amide bonds. The van der Waals surface area contributed by atoms with E-state index in [-0.39, 0.29) is 0 Å². The van der Waals surface area contributed by atoms with Crippen molar-refractivity contribution in [3.63, 3.8) is 0 Å². The highest BCUT2D eigenvalue weighted by molar-refractivity contribution is 7.84. The molecule has 1 aromatic rings. The van der Waals surface area contributed by atoms with Gasteiger partial charge in [-0.05, 0) is 30.0 Å². The van der Waals surface area contributed by atoms with Crippen molar-refractivity contribution in [3.05, 3.63) is 29.8 Å². The lowest BCUT2D eigenvalue weighted by atomic mass is 10.1. The lowest BCUT2D eigenvalue weighted by Gasteiger charge is -2.09. The average Bonchev–Trinajstić information content (AvgIpc) is 2.44. The van der Waals surface area contributed by atoms with Crippen molar-refractivity contribution in [2.24, 2.45) is 5.92 Å². The minimum Gasteiger partial charge on any atom is -0.494 e. The predicted molar refractivity (Wildman–Crippen MR) is 86.6 cm³/mol. The molecule has 0 radical (unpaired) electrons. The maximum atomic E-state index is 11.3. The van der Waals surface area contributed by atoms with Crippen LogP contribution in [0.4, 0.5) is 0 Å². The number of hydrogen-bond donors (Lipinski definition) is 1. The zero-order chi connectivity index (χ0) is 14.8. The molecule has 4 heteroatoms. The summed E-state index contributed by atoms with van der Waals surface area (Å²) in [6.45, 7) is 8.74. The molecule has 0 heterocycles. The zero-order valence-corrected chi connectivity index (χ0v) is 13.7. The van der Waals surface area contributed by atoms with Gasteiger partial charge in [-0.2, -0.15) is 0 Å². The van der Waals surface area contributed by atoms with Gasteiger partial charge in [-0.1, -0.05) is 32.9 Å². The standard InChI is InChI=1S/C16H27NO2S/c1-4-20(18)12-10-17-13-15-5-7-16(8-6-15)19-11-9-14(2)3/h5-8,14,17H,4,9-13H2,1-3H3. The van der Waals surface area contributed by atoms with Crippen molar-refractivity contribution in [1.29, 1.82) is 0 Å². The summed E-state index contributed by atoms with van der Waals surface area (Å²) in [7, 11) is -0.679. The average molecular weight is 297 g/mol. The minimum absolute atomic E-state index is 0.673. The topological polar surface area (TPSA) is 38.3 Å². The lowest BCUT2D eigenvalue weighted by Crippen LogP contribution is -2.20. The highest BCUT2D eigenvalue weighted by Crippen LogP contribution is 2.13. The third-order valence-electron chi connectivity index (χ3n) is 3.04. The molecule has 114 valence electrons. The Hall–Kier alpha value is -0.870. The quantitative estimate of drug-likeness (QED) is 0.675. The van der Waals surface area contributed by atoms with E-state index >= 15 is 0 Å². The molecule has 0 aliphatic rings. The molecule has 0 spiro atoms. The first kappa shape index (κ1) is 17.2. The first-order valence-corrected chi connectivity index (χ1v) is 8.88. The summed E-state index contributed by atoms with van der Waals surface area (Å²) in [5, 5.41) is 3.31. The van der Waals surface area contributed by atoms with Crippen molar-refractivity contribution in [2.75, 3.05) is 24.7 Å².